The van der Waals surface area contributed by atoms with Gasteiger partial charge in [-0.1, -0.05) is 6.92 Å². The number of hydroxylamine groups is 1. The van der Waals surface area contributed by atoms with Crippen molar-refractivity contribution >= 4 is 17.0 Å². The van der Waals surface area contributed by atoms with E-state index in [0.717, 1.165) is 41.5 Å². The van der Waals surface area contributed by atoms with Crippen LogP contribution in [0.4, 0.5) is 0 Å². The molecule has 1 aliphatic carbocycles. The smallest absolute Gasteiger partial charge is 0.477 e. The summed E-state index contributed by atoms with van der Waals surface area (Å²) >= 11 is 0. The van der Waals surface area contributed by atoms with Crippen LogP contribution in [0.2, 0.25) is 0 Å². The summed E-state index contributed by atoms with van der Waals surface area (Å²) in [5.41, 5.74) is 1.68. The van der Waals surface area contributed by atoms with Crippen LogP contribution >= 0.6 is 0 Å². The van der Waals surface area contributed by atoms with Gasteiger partial charge in [-0.3, -0.25) is 4.84 Å². The Balaban J connectivity index is 1.76. The molecule has 1 saturated carbocycles. The molecule has 2 aromatic rings. The average Bonchev–Trinajstić information content (AvgIpc) is 3.27. The predicted molar refractivity (Wildman–Crippen MR) is 75.8 cm³/mol. The van der Waals surface area contributed by atoms with Gasteiger partial charge in [0, 0.05) is 23.8 Å². The van der Waals surface area contributed by atoms with Gasteiger partial charge in [0.25, 0.3) is 0 Å². The monoisotopic (exact) mass is 288 g/mol. The third-order valence-corrected chi connectivity index (χ3v) is 3.43. The number of hydrogen-bond acceptors (Lipinski definition) is 4. The Hall–Kier alpha value is -2.26. The van der Waals surface area contributed by atoms with E-state index in [-0.39, 0.29) is 12.6 Å². The first-order chi connectivity index (χ1) is 10.3. The molecule has 0 radical (unpaired) electrons. The van der Waals surface area contributed by atoms with Crippen LogP contribution in [0.15, 0.2) is 28.9 Å². The van der Waals surface area contributed by atoms with Gasteiger partial charge in [0.05, 0.1) is 17.6 Å². The Morgan fingerprint density at radius 1 is 1.43 bits per heavy atom. The predicted octanol–water partition coefficient (Wildman–Crippen LogP) is 3.16. The lowest BCUT2D eigenvalue weighted by atomic mass is 10.2. The first-order valence-corrected chi connectivity index (χ1v) is 7.24. The Morgan fingerprint density at radius 3 is 3.00 bits per heavy atom. The molecule has 0 amide bonds. The van der Waals surface area contributed by atoms with Gasteiger partial charge < -0.3 is 9.15 Å². The Labute approximate surface area is 122 Å². The summed E-state index contributed by atoms with van der Waals surface area (Å²) in [4.78, 5) is 16.3. The lowest BCUT2D eigenvalue weighted by Gasteiger charge is -2.04. The molecule has 21 heavy (non-hydrogen) atoms. The van der Waals surface area contributed by atoms with E-state index in [1.165, 1.54) is 4.74 Å². The van der Waals surface area contributed by atoms with Crippen LogP contribution in [0.1, 0.15) is 31.7 Å². The fourth-order valence-electron chi connectivity index (χ4n) is 2.14. The summed E-state index contributed by atoms with van der Waals surface area (Å²) in [5, 5.41) is 0.949. The third kappa shape index (κ3) is 3.09. The second-order valence-electron chi connectivity index (χ2n) is 5.19. The van der Waals surface area contributed by atoms with Crippen LogP contribution in [-0.2, 0) is 16.2 Å². The maximum Gasteiger partial charge on any atom is 0.477 e. The van der Waals surface area contributed by atoms with Crippen LogP contribution in [0.25, 0.3) is 11.0 Å². The summed E-state index contributed by atoms with van der Waals surface area (Å²) in [6.45, 7) is 3.04. The fourth-order valence-corrected chi connectivity index (χ4v) is 2.14. The molecule has 5 heteroatoms. The number of ether oxygens (including phenoxy) is 1. The van der Waals surface area contributed by atoms with E-state index < -0.39 is 0 Å². The quantitative estimate of drug-likeness (QED) is 0.340. The van der Waals surface area contributed by atoms with E-state index in [0.29, 0.717) is 6.61 Å². The molecular formula is C16H18NO4+. The molecule has 0 spiro atoms. The number of isocyanates is 1. The van der Waals surface area contributed by atoms with E-state index in [1.54, 1.807) is 6.26 Å². The standard InChI is InChI=1S/C16H18NO4/c1-2-7-19-14-5-6-16-15(8-14)12(9-20-16)10-21-17(11-18)13-3-4-13/h5-6,8-9,13H,2-4,7,10H2,1H3/q+1. The molecule has 0 atom stereocenters. The first kappa shape index (κ1) is 13.7. The van der Waals surface area contributed by atoms with Crippen molar-refractivity contribution in [3.8, 4) is 5.75 Å². The van der Waals surface area contributed by atoms with Gasteiger partial charge in [-0.05, 0) is 24.6 Å². The Kier molecular flexibility index (Phi) is 3.93. The number of benzene rings is 1. The van der Waals surface area contributed by atoms with Crippen LogP contribution in [0.3, 0.4) is 0 Å². The largest absolute Gasteiger partial charge is 0.494 e. The van der Waals surface area contributed by atoms with Crippen LogP contribution < -0.4 is 4.74 Å². The molecule has 0 bridgehead atoms. The van der Waals surface area contributed by atoms with Crippen molar-refractivity contribution in [3.63, 3.8) is 0 Å². The fraction of sp³-hybridized carbons (Fsp3) is 0.438. The normalized spacial score (nSPS) is 14.0. The summed E-state index contributed by atoms with van der Waals surface area (Å²) in [6.07, 6.45) is 6.40. The molecule has 110 valence electrons. The minimum absolute atomic E-state index is 0.184. The van der Waals surface area contributed by atoms with E-state index in [4.69, 9.17) is 14.0 Å². The molecule has 3 rings (SSSR count). The lowest BCUT2D eigenvalue weighted by molar-refractivity contribution is -0.799. The summed E-state index contributed by atoms with van der Waals surface area (Å²) < 4.78 is 12.4. The average molecular weight is 288 g/mol. The van der Waals surface area contributed by atoms with Crippen molar-refractivity contribution in [1.82, 2.24) is 0 Å². The second kappa shape index (κ2) is 6.02. The maximum atomic E-state index is 10.8. The molecule has 5 nitrogen and oxygen atoms in total. The second-order valence-corrected chi connectivity index (χ2v) is 5.19. The van der Waals surface area contributed by atoms with Crippen LogP contribution in [0.5, 0.6) is 5.75 Å². The Bertz CT molecular complexity index is 681. The molecular weight excluding hydrogens is 270 g/mol. The minimum atomic E-state index is 0.184. The number of hydrogen-bond donors (Lipinski definition) is 0. The molecule has 1 aliphatic rings. The summed E-state index contributed by atoms with van der Waals surface area (Å²) in [5.74, 6) is 0.813. The van der Waals surface area contributed by atoms with Crippen LogP contribution in [-0.4, -0.2) is 23.5 Å². The highest BCUT2D eigenvalue weighted by atomic mass is 16.7. The van der Waals surface area contributed by atoms with Gasteiger partial charge in [0.1, 0.15) is 11.3 Å². The molecule has 1 aromatic heterocycles. The molecule has 1 fully saturated rings. The lowest BCUT2D eigenvalue weighted by Crippen LogP contribution is -2.13. The number of furan rings is 1. The van der Waals surface area contributed by atoms with Gasteiger partial charge in [-0.15, -0.1) is 0 Å². The molecule has 1 aromatic carbocycles. The number of carbonyl (C=O) groups excluding carboxylic acids is 1. The highest BCUT2D eigenvalue weighted by Gasteiger charge is 2.37. The number of fused-ring (bicyclic) bond motifs is 1. The van der Waals surface area contributed by atoms with E-state index in [1.807, 2.05) is 24.3 Å². The highest BCUT2D eigenvalue weighted by molar-refractivity contribution is 5.82. The minimum Gasteiger partial charge on any atom is -0.494 e. The molecule has 0 saturated heterocycles. The molecule has 0 aliphatic heterocycles. The van der Waals surface area contributed by atoms with Crippen molar-refractivity contribution in [2.75, 3.05) is 6.61 Å². The van der Waals surface area contributed by atoms with E-state index in [2.05, 4.69) is 6.92 Å². The zero-order valence-corrected chi connectivity index (χ0v) is 12.0. The first-order valence-electron chi connectivity index (χ1n) is 7.24. The van der Waals surface area contributed by atoms with Gasteiger partial charge >= 0.3 is 6.08 Å². The van der Waals surface area contributed by atoms with Gasteiger partial charge in [0.15, 0.2) is 6.61 Å². The third-order valence-electron chi connectivity index (χ3n) is 3.43. The molecule has 1 heterocycles. The SMILES string of the molecule is CCCOc1ccc2occ(CO[N+](=C=O)C3CC3)c2c1. The highest BCUT2D eigenvalue weighted by Crippen LogP contribution is 2.28. The maximum absolute atomic E-state index is 10.8. The van der Waals surface area contributed by atoms with Gasteiger partial charge in [-0.25, -0.2) is 0 Å². The molecule has 0 N–H and O–H groups in total. The van der Waals surface area contributed by atoms with Gasteiger partial charge in [0.2, 0.25) is 6.04 Å². The van der Waals surface area contributed by atoms with Crippen LogP contribution in [0, 0.1) is 0 Å². The number of nitrogens with zero attached hydrogens (tertiary/aromatic N) is 1. The van der Waals surface area contributed by atoms with Crippen molar-refractivity contribution in [1.29, 1.82) is 0 Å². The Morgan fingerprint density at radius 2 is 2.29 bits per heavy atom. The summed E-state index contributed by atoms with van der Waals surface area (Å²) in [7, 11) is 0. The van der Waals surface area contributed by atoms with Crippen molar-refractivity contribution in [2.24, 2.45) is 0 Å². The van der Waals surface area contributed by atoms with Crippen molar-refractivity contribution in [3.05, 3.63) is 30.0 Å². The van der Waals surface area contributed by atoms with Gasteiger partial charge in [-0.2, -0.15) is 4.79 Å². The van der Waals surface area contributed by atoms with Crippen molar-refractivity contribution in [2.45, 2.75) is 38.8 Å². The zero-order chi connectivity index (χ0) is 14.7. The topological polar surface area (TPSA) is 51.7 Å². The zero-order valence-electron chi connectivity index (χ0n) is 12.0. The molecule has 0 unspecified atom stereocenters. The number of rotatable bonds is 7. The summed E-state index contributed by atoms with van der Waals surface area (Å²) in [6, 6.07) is 5.90. The van der Waals surface area contributed by atoms with E-state index in [9.17, 15) is 4.79 Å². The van der Waals surface area contributed by atoms with Crippen molar-refractivity contribution < 1.29 is 23.5 Å². The van der Waals surface area contributed by atoms with E-state index >= 15 is 0 Å².